The summed E-state index contributed by atoms with van der Waals surface area (Å²) in [5, 5.41) is 51.1. The molecule has 0 spiro atoms. The number of carbonyl (C=O) groups excluding carboxylic acids is 13. The van der Waals surface area contributed by atoms with Crippen LogP contribution >= 0.6 is 54.8 Å². The van der Waals surface area contributed by atoms with Gasteiger partial charge in [0.05, 0.1) is 37.9 Å². The minimum absolute atomic E-state index is 0.0488. The molecule has 718 valence electrons. The van der Waals surface area contributed by atoms with Crippen LogP contribution in [0.25, 0.3) is 10.9 Å². The number of anilines is 1. The molecule has 5 aliphatic rings. The van der Waals surface area contributed by atoms with Crippen molar-refractivity contribution in [2.45, 2.75) is 221 Å². The van der Waals surface area contributed by atoms with Crippen molar-refractivity contribution in [2.24, 2.45) is 23.3 Å². The molecule has 5 heterocycles. The molecule has 3 saturated heterocycles. The van der Waals surface area contributed by atoms with Gasteiger partial charge in [-0.1, -0.05) is 153 Å². The van der Waals surface area contributed by atoms with Crippen LogP contribution in [-0.4, -0.2) is 258 Å². The quantitative estimate of drug-likeness (QED) is 0.0117. The van der Waals surface area contributed by atoms with Crippen molar-refractivity contribution in [3.63, 3.8) is 0 Å². The molecule has 13 amide bonds. The number of aromatic hydroxyl groups is 1. The lowest BCUT2D eigenvalue weighted by Gasteiger charge is -2.42. The summed E-state index contributed by atoms with van der Waals surface area (Å²) in [6.07, 6.45) is 6.06. The number of quaternary nitrogens is 1. The number of nitrogens with one attached hydrogen (secondary N) is 11. The Bertz CT molecular complexity index is 4940. The van der Waals surface area contributed by atoms with Crippen molar-refractivity contribution in [2.75, 3.05) is 75.9 Å². The first-order chi connectivity index (χ1) is 63.1. The summed E-state index contributed by atoms with van der Waals surface area (Å²) in [6, 6.07) is 12.6. The largest absolute Gasteiger partial charge is 0.508 e. The van der Waals surface area contributed by atoms with E-state index in [2.05, 4.69) is 63.9 Å². The van der Waals surface area contributed by atoms with E-state index >= 15 is 24.0 Å². The number of alkyl carbamates (subject to hydrolysis) is 1. The molecule has 10 rings (SSSR count). The Hall–Kier alpha value is -10.3. The van der Waals surface area contributed by atoms with E-state index in [0.29, 0.717) is 65.5 Å². The maximum absolute atomic E-state index is 15.3. The van der Waals surface area contributed by atoms with E-state index in [0.717, 1.165) is 86.5 Å². The Morgan fingerprint density at radius 2 is 1.48 bits per heavy atom. The monoisotopic (exact) mass is 1920 g/mol. The van der Waals surface area contributed by atoms with Crippen LogP contribution in [0.5, 0.6) is 11.5 Å². The number of primary amides is 1. The van der Waals surface area contributed by atoms with Gasteiger partial charge < -0.3 is 114 Å². The summed E-state index contributed by atoms with van der Waals surface area (Å²) >= 11 is 6.91. The van der Waals surface area contributed by atoms with E-state index in [1.165, 1.54) is 57.2 Å². The summed E-state index contributed by atoms with van der Waals surface area (Å²) in [5.74, 6) is -10.4. The van der Waals surface area contributed by atoms with Gasteiger partial charge in [0.15, 0.2) is 5.72 Å². The number of aromatic amines is 1. The van der Waals surface area contributed by atoms with Crippen LogP contribution in [0, 0.1) is 11.8 Å². The second-order valence-electron chi connectivity index (χ2n) is 34.1. The van der Waals surface area contributed by atoms with Gasteiger partial charge in [-0.3, -0.25) is 53.3 Å². The molecular formula is C91H124ClN16O20S4+. The summed E-state index contributed by atoms with van der Waals surface area (Å²) < 4.78 is 29.8. The number of allylic oxidation sites excluding steroid dienone is 3. The summed E-state index contributed by atoms with van der Waals surface area (Å²) in [6.45, 7) is 8.17. The van der Waals surface area contributed by atoms with Gasteiger partial charge in [0.25, 0.3) is 0 Å². The number of nitrogens with zero attached hydrogens (tertiary/aromatic N) is 2. The summed E-state index contributed by atoms with van der Waals surface area (Å²) in [7, 11) is 9.93. The number of epoxide rings is 1. The number of unbranched alkanes of at least 4 members (excludes halogenated alkanes) is 4. The molecule has 1 aromatic heterocycles. The first kappa shape index (κ1) is 104. The predicted molar refractivity (Wildman–Crippen MR) is 504 cm³/mol. The van der Waals surface area contributed by atoms with Gasteiger partial charge in [-0.15, -0.1) is 0 Å². The standard InChI is InChI=1S/C91H123ClN16O20S4/c1-51-21-20-27-72(125-8)91(123)46-71(126-89(122)106-91)52(2)78-90(4,128-78)73(45-75(111)108(6)69-42-56(39-51)43-70(124-7)76(69)92)127-87(120)53(3)107(5)74(110)34-38-129-130-48-66(79(95)112)102-85(118)68-50-132-131-49-67(103-80(113)61(94)40-54-22-12-11-13-23-54)84(117)100-64(41-55-28-32-59(109)33-29-55)82(115)101-65(44-58-47-98-62-25-15-14-24-60(58)62)83(116)99-63(81(114)105-77(57-30-31-57)86(119)104-68)26-16-19-37-97-88(121)96-36-18-10-9-17-35-93/h11-15,20-25,27-29,32-33,42-43,47,52-53,57,61,63-68,71-73,77-78,98,109,123H,9-10,16-19,26,30-31,34-41,44-46,48-50,93-94H2,1-8H3,(H2,95,112)(H,99,116)(H,100,117)(H,101,115)(H,102,118)(H,103,113)(H,104,119)(H,105,114)(H,106,122)(H2,96,97,121)/p+1. The molecule has 16 atom stereocenters. The molecule has 1 aliphatic carbocycles. The highest BCUT2D eigenvalue weighted by molar-refractivity contribution is 8.77. The minimum atomic E-state index is -1.95. The number of nitrogens with two attached hydrogens (primary N) is 2. The number of ether oxygens (including phenoxy) is 5. The van der Waals surface area contributed by atoms with E-state index in [-0.39, 0.29) is 97.1 Å². The molecule has 41 heteroatoms. The van der Waals surface area contributed by atoms with Crippen molar-refractivity contribution in [3.8, 4) is 11.5 Å². The van der Waals surface area contributed by atoms with Crippen molar-refractivity contribution < 1.29 is 102 Å². The van der Waals surface area contributed by atoms with E-state index in [9.17, 15) is 48.6 Å². The fraction of sp³-hybridized carbons (Fsp3) is 0.527. The molecule has 20 N–H and O–H groups in total. The maximum atomic E-state index is 15.3. The summed E-state index contributed by atoms with van der Waals surface area (Å²) in [4.78, 5) is 194. The molecule has 132 heavy (non-hydrogen) atoms. The van der Waals surface area contributed by atoms with Crippen molar-refractivity contribution >= 4 is 149 Å². The van der Waals surface area contributed by atoms with E-state index in [1.54, 1.807) is 92.9 Å². The van der Waals surface area contributed by atoms with Gasteiger partial charge in [-0.25, -0.2) is 14.4 Å². The maximum Gasteiger partial charge on any atom is 0.409 e. The lowest BCUT2D eigenvalue weighted by Crippen LogP contribution is -2.63. The summed E-state index contributed by atoms with van der Waals surface area (Å²) in [5.41, 5.74) is 17.4. The predicted octanol–water partition coefficient (Wildman–Crippen LogP) is 4.48. The number of hydrogen-bond donors (Lipinski definition) is 16. The molecule has 36 nitrogen and oxygen atoms in total. The minimum Gasteiger partial charge on any atom is -0.508 e. The number of likely N-dealkylation sites (N-methyl/N-ethyl adjacent to an activating group) is 1. The van der Waals surface area contributed by atoms with Crippen LogP contribution in [0.3, 0.4) is 0 Å². The number of phenolic OH excluding ortho intramolecular Hbond substituents is 1. The number of phenols is 1. The third kappa shape index (κ3) is 29.6. The third-order valence-corrected chi connectivity index (χ3v) is 29.3. The Morgan fingerprint density at radius 1 is 0.811 bits per heavy atom. The molecule has 0 radical (unpaired) electrons. The first-order valence-electron chi connectivity index (χ1n) is 44.3. The average molecular weight is 1930 g/mol. The van der Waals surface area contributed by atoms with Gasteiger partial charge in [0, 0.05) is 106 Å². The number of aromatic nitrogens is 1. The van der Waals surface area contributed by atoms with E-state index < -0.39 is 180 Å². The SMILES string of the molecule is COc1cc2cc(c1Cl)N(C)C(=O)CC(OC(=O)C(C)N(C)C(=O)CCSSCC(NC(=O)C1CSSCC(NC(=O)C(N)Cc3ccccc3)C(=O)NC(Cc3ccc(O)cc3)C(=O)NC(Cc3c[nH]c4ccccc34)C(=O)NC(CCCCNC(=O)NCCCCCC[NH3+])C(=O)NC(C3CC3)C(=O)N1)C(N)=O)C1(C)OC1C(C)C1CC(O)(NC(=O)O1)C(OC)C=CC=C(C)C2. The van der Waals surface area contributed by atoms with Crippen molar-refractivity contribution in [1.29, 1.82) is 0 Å². The van der Waals surface area contributed by atoms with Crippen LogP contribution in [-0.2, 0) is 97.4 Å². The number of halogens is 1. The molecule has 4 bridgehead atoms. The zero-order valence-electron chi connectivity index (χ0n) is 75.4. The fourth-order valence-corrected chi connectivity index (χ4v) is 20.6. The van der Waals surface area contributed by atoms with Crippen LogP contribution in [0.2, 0.25) is 5.02 Å². The van der Waals surface area contributed by atoms with Crippen LogP contribution in [0.15, 0.2) is 121 Å². The topological polar surface area (TPSA) is 534 Å². The Kier molecular flexibility index (Phi) is 39.0. The number of rotatable bonds is 34. The molecule has 16 unspecified atom stereocenters. The van der Waals surface area contributed by atoms with Gasteiger partial charge in [-0.05, 0) is 143 Å². The number of aliphatic hydroxyl groups is 1. The Morgan fingerprint density at radius 3 is 2.17 bits per heavy atom. The molecule has 4 fully saturated rings. The van der Waals surface area contributed by atoms with E-state index in [4.69, 9.17) is 46.8 Å². The lowest BCUT2D eigenvalue weighted by atomic mass is 9.83. The number of urea groups is 1. The molecule has 5 aromatic rings. The number of fused-ring (bicyclic) bond motifs is 6. The molecular weight excluding hydrogens is 1800 g/mol. The Balaban J connectivity index is 0.856. The third-order valence-electron chi connectivity index (χ3n) is 24.1. The zero-order chi connectivity index (χ0) is 95.5. The zero-order valence-corrected chi connectivity index (χ0v) is 79.4. The normalized spacial score (nSPS) is 25.0. The smallest absolute Gasteiger partial charge is 0.409 e. The average Bonchev–Trinajstić information content (AvgIpc) is 1.57. The number of amides is 13. The van der Waals surface area contributed by atoms with Gasteiger partial charge >= 0.3 is 18.1 Å². The number of hydrogen-bond acceptors (Lipinski definition) is 25. The first-order valence-corrected chi connectivity index (χ1v) is 49.6. The molecule has 4 aromatic carbocycles. The van der Waals surface area contributed by atoms with Crippen molar-refractivity contribution in [3.05, 3.63) is 148 Å². The second kappa shape index (κ2) is 49.6. The number of carbonyl (C=O) groups is 13. The van der Waals surface area contributed by atoms with E-state index in [1.807, 2.05) is 31.2 Å². The number of methoxy groups -OCH3 is 2. The lowest BCUT2D eigenvalue weighted by molar-refractivity contribution is -0.368. The van der Waals surface area contributed by atoms with Crippen LogP contribution in [0.1, 0.15) is 127 Å². The highest BCUT2D eigenvalue weighted by Crippen LogP contribution is 2.50. The number of benzene rings is 4. The molecule has 4 aliphatic heterocycles. The number of esters is 1. The van der Waals surface area contributed by atoms with Crippen LogP contribution < -0.4 is 80.0 Å². The Labute approximate surface area is 788 Å². The van der Waals surface area contributed by atoms with Gasteiger partial charge in [-0.2, -0.15) is 0 Å². The van der Waals surface area contributed by atoms with Gasteiger partial charge in [0.2, 0.25) is 59.1 Å². The number of H-pyrrole nitrogens is 1. The highest BCUT2D eigenvalue weighted by atomic mass is 35.5. The van der Waals surface area contributed by atoms with Gasteiger partial charge in [0.1, 0.15) is 88.8 Å². The number of para-hydroxylation sites is 1. The van der Waals surface area contributed by atoms with Crippen molar-refractivity contribution in [1.82, 2.24) is 63.1 Å². The van der Waals surface area contributed by atoms with Crippen LogP contribution in [0.4, 0.5) is 15.3 Å². The molecule has 1 saturated carbocycles. The fourth-order valence-electron chi connectivity index (χ4n) is 15.8. The highest BCUT2D eigenvalue weighted by Gasteiger charge is 2.65. The second-order valence-corrected chi connectivity index (χ2v) is 39.7.